The van der Waals surface area contributed by atoms with Crippen molar-refractivity contribution in [1.82, 2.24) is 9.97 Å². The van der Waals surface area contributed by atoms with Crippen LogP contribution in [-0.2, 0) is 0 Å². The number of aromatic nitrogens is 2. The lowest BCUT2D eigenvalue weighted by molar-refractivity contribution is 0.318. The van der Waals surface area contributed by atoms with Crippen molar-refractivity contribution in [2.75, 3.05) is 0 Å². The van der Waals surface area contributed by atoms with Crippen molar-refractivity contribution in [3.05, 3.63) is 47.9 Å². The molecule has 2 rings (SSSR count). The molecule has 0 aliphatic rings. The summed E-state index contributed by atoms with van der Waals surface area (Å²) in [5.74, 6) is 0.114. The van der Waals surface area contributed by atoms with Crippen LogP contribution in [0.25, 0.3) is 0 Å². The van der Waals surface area contributed by atoms with Crippen LogP contribution in [-0.4, -0.2) is 21.0 Å². The minimum absolute atomic E-state index is 0.114. The summed E-state index contributed by atoms with van der Waals surface area (Å²) in [6, 6.07) is 5.69. The average Bonchev–Trinajstić information content (AvgIpc) is 2.39. The first kappa shape index (κ1) is 12.4. The van der Waals surface area contributed by atoms with Crippen LogP contribution in [0.2, 0.25) is 0 Å². The molecule has 3 N–H and O–H groups in total. The molecule has 0 aliphatic heterocycles. The zero-order valence-electron chi connectivity index (χ0n) is 9.74. The maximum atomic E-state index is 8.66. The number of oxime groups is 1. The van der Waals surface area contributed by atoms with Crippen LogP contribution in [0.4, 0.5) is 0 Å². The third-order valence-corrected chi connectivity index (χ3v) is 3.25. The number of hydrogen-bond acceptors (Lipinski definition) is 5. The topological polar surface area (TPSA) is 84.4 Å². The molecular weight excluding hydrogens is 248 g/mol. The predicted molar refractivity (Wildman–Crippen MR) is 69.8 cm³/mol. The van der Waals surface area contributed by atoms with Gasteiger partial charge in [-0.1, -0.05) is 16.9 Å². The zero-order chi connectivity index (χ0) is 13.0. The largest absolute Gasteiger partial charge is 0.409 e. The highest BCUT2D eigenvalue weighted by Gasteiger charge is 2.06. The molecule has 0 radical (unpaired) electrons. The number of aryl methyl sites for hydroxylation is 1. The summed E-state index contributed by atoms with van der Waals surface area (Å²) in [5.41, 5.74) is 7.24. The maximum absolute atomic E-state index is 8.66. The SMILES string of the molecule is Cc1cc(Sc2cnccn2)ccc1/C(N)=N/O. The molecule has 92 valence electrons. The summed E-state index contributed by atoms with van der Waals surface area (Å²) in [7, 11) is 0. The summed E-state index contributed by atoms with van der Waals surface area (Å²) in [5, 5.41) is 12.5. The van der Waals surface area contributed by atoms with Crippen LogP contribution in [0.1, 0.15) is 11.1 Å². The van der Waals surface area contributed by atoms with Crippen LogP contribution in [0.5, 0.6) is 0 Å². The fourth-order valence-electron chi connectivity index (χ4n) is 1.50. The van der Waals surface area contributed by atoms with Crippen LogP contribution < -0.4 is 5.73 Å². The maximum Gasteiger partial charge on any atom is 0.170 e. The lowest BCUT2D eigenvalue weighted by atomic mass is 10.1. The van der Waals surface area contributed by atoms with Gasteiger partial charge in [0.2, 0.25) is 0 Å². The average molecular weight is 260 g/mol. The van der Waals surface area contributed by atoms with Crippen molar-refractivity contribution in [1.29, 1.82) is 0 Å². The number of rotatable bonds is 3. The Labute approximate surface area is 109 Å². The van der Waals surface area contributed by atoms with Gasteiger partial charge in [-0.05, 0) is 30.7 Å². The second-order valence-electron chi connectivity index (χ2n) is 3.61. The number of hydrogen-bond donors (Lipinski definition) is 2. The summed E-state index contributed by atoms with van der Waals surface area (Å²) in [4.78, 5) is 9.23. The molecular formula is C12H12N4OS. The summed E-state index contributed by atoms with van der Waals surface area (Å²) < 4.78 is 0. The molecule has 0 fully saturated rings. The van der Waals surface area contributed by atoms with E-state index >= 15 is 0 Å². The van der Waals surface area contributed by atoms with Gasteiger partial charge in [0, 0.05) is 22.9 Å². The Hall–Kier alpha value is -2.08. The van der Waals surface area contributed by atoms with Gasteiger partial charge in [0.15, 0.2) is 5.84 Å². The van der Waals surface area contributed by atoms with Crippen LogP contribution in [0.3, 0.4) is 0 Å². The Morgan fingerprint density at radius 3 is 2.83 bits per heavy atom. The number of nitrogens with zero attached hydrogens (tertiary/aromatic N) is 3. The van der Waals surface area contributed by atoms with Crippen molar-refractivity contribution < 1.29 is 5.21 Å². The molecule has 0 amide bonds. The second-order valence-corrected chi connectivity index (χ2v) is 4.70. The molecule has 1 heterocycles. The number of benzene rings is 1. The minimum atomic E-state index is 0.114. The van der Waals surface area contributed by atoms with E-state index in [1.807, 2.05) is 25.1 Å². The lowest BCUT2D eigenvalue weighted by Crippen LogP contribution is -2.14. The molecule has 0 bridgehead atoms. The molecule has 2 aromatic rings. The van der Waals surface area contributed by atoms with E-state index in [9.17, 15) is 0 Å². The highest BCUT2D eigenvalue weighted by molar-refractivity contribution is 7.99. The fourth-order valence-corrected chi connectivity index (χ4v) is 2.34. The smallest absolute Gasteiger partial charge is 0.170 e. The standard InChI is InChI=1S/C12H12N4OS/c1-8-6-9(2-3-10(8)12(13)16-17)18-11-7-14-4-5-15-11/h2-7,17H,1H3,(H2,13,16). The normalized spacial score (nSPS) is 11.5. The Morgan fingerprint density at radius 1 is 1.39 bits per heavy atom. The summed E-state index contributed by atoms with van der Waals surface area (Å²) >= 11 is 1.51. The quantitative estimate of drug-likeness (QED) is 0.382. The monoisotopic (exact) mass is 260 g/mol. The van der Waals surface area contributed by atoms with Gasteiger partial charge in [-0.3, -0.25) is 4.98 Å². The molecule has 1 aromatic carbocycles. The van der Waals surface area contributed by atoms with Gasteiger partial charge in [-0.2, -0.15) is 0 Å². The van der Waals surface area contributed by atoms with E-state index in [4.69, 9.17) is 10.9 Å². The first-order valence-corrected chi connectivity index (χ1v) is 6.05. The zero-order valence-corrected chi connectivity index (χ0v) is 10.6. The predicted octanol–water partition coefficient (Wildman–Crippen LogP) is 2.03. The molecule has 0 saturated carbocycles. The first-order valence-electron chi connectivity index (χ1n) is 5.23. The molecule has 0 aliphatic carbocycles. The molecule has 0 unspecified atom stereocenters. The highest BCUT2D eigenvalue weighted by atomic mass is 32.2. The van der Waals surface area contributed by atoms with Gasteiger partial charge in [0.1, 0.15) is 5.03 Å². The number of nitrogens with two attached hydrogens (primary N) is 1. The van der Waals surface area contributed by atoms with Crippen molar-refractivity contribution in [3.63, 3.8) is 0 Å². The first-order chi connectivity index (χ1) is 8.70. The molecule has 0 saturated heterocycles. The molecule has 1 aromatic heterocycles. The lowest BCUT2D eigenvalue weighted by Gasteiger charge is -2.06. The van der Waals surface area contributed by atoms with Crippen LogP contribution >= 0.6 is 11.8 Å². The van der Waals surface area contributed by atoms with E-state index < -0.39 is 0 Å². The van der Waals surface area contributed by atoms with Gasteiger partial charge in [-0.15, -0.1) is 0 Å². The van der Waals surface area contributed by atoms with E-state index in [-0.39, 0.29) is 5.84 Å². The van der Waals surface area contributed by atoms with Crippen LogP contribution in [0, 0.1) is 6.92 Å². The highest BCUT2D eigenvalue weighted by Crippen LogP contribution is 2.26. The van der Waals surface area contributed by atoms with E-state index in [1.165, 1.54) is 11.8 Å². The van der Waals surface area contributed by atoms with Gasteiger partial charge >= 0.3 is 0 Å². The minimum Gasteiger partial charge on any atom is -0.409 e. The molecule has 0 spiro atoms. The molecule has 5 nitrogen and oxygen atoms in total. The third kappa shape index (κ3) is 2.78. The van der Waals surface area contributed by atoms with Gasteiger partial charge in [0.05, 0.1) is 6.20 Å². The fraction of sp³-hybridized carbons (Fsp3) is 0.0833. The second kappa shape index (κ2) is 5.50. The van der Waals surface area contributed by atoms with Crippen molar-refractivity contribution in [2.24, 2.45) is 10.9 Å². The Kier molecular flexibility index (Phi) is 3.78. The van der Waals surface area contributed by atoms with E-state index in [2.05, 4.69) is 15.1 Å². The summed E-state index contributed by atoms with van der Waals surface area (Å²) in [6.45, 7) is 1.91. The van der Waals surface area contributed by atoms with E-state index in [0.29, 0.717) is 0 Å². The molecule has 18 heavy (non-hydrogen) atoms. The van der Waals surface area contributed by atoms with Gasteiger partial charge in [-0.25, -0.2) is 4.98 Å². The number of amidine groups is 1. The third-order valence-electron chi connectivity index (χ3n) is 2.34. The molecule has 6 heteroatoms. The van der Waals surface area contributed by atoms with Crippen LogP contribution in [0.15, 0.2) is 51.9 Å². The van der Waals surface area contributed by atoms with Crippen molar-refractivity contribution in [2.45, 2.75) is 16.8 Å². The Morgan fingerprint density at radius 2 is 2.22 bits per heavy atom. The van der Waals surface area contributed by atoms with Crippen molar-refractivity contribution >= 4 is 17.6 Å². The van der Waals surface area contributed by atoms with Gasteiger partial charge in [0.25, 0.3) is 0 Å². The molecule has 0 atom stereocenters. The Balaban J connectivity index is 2.25. The van der Waals surface area contributed by atoms with E-state index in [0.717, 1.165) is 21.0 Å². The van der Waals surface area contributed by atoms with E-state index in [1.54, 1.807) is 18.6 Å². The van der Waals surface area contributed by atoms with Crippen molar-refractivity contribution in [3.8, 4) is 0 Å². The van der Waals surface area contributed by atoms with Gasteiger partial charge < -0.3 is 10.9 Å². The Bertz CT molecular complexity index is 572. The summed E-state index contributed by atoms with van der Waals surface area (Å²) in [6.07, 6.45) is 4.99.